The molecule has 0 spiro atoms. The fourth-order valence-electron chi connectivity index (χ4n) is 3.54. The van der Waals surface area contributed by atoms with Crippen molar-refractivity contribution in [2.75, 3.05) is 18.4 Å². The van der Waals surface area contributed by atoms with Crippen molar-refractivity contribution in [2.24, 2.45) is 11.8 Å². The van der Waals surface area contributed by atoms with E-state index >= 15 is 0 Å². The van der Waals surface area contributed by atoms with Gasteiger partial charge >= 0.3 is 0 Å². The van der Waals surface area contributed by atoms with E-state index in [1.807, 2.05) is 17.1 Å². The predicted molar refractivity (Wildman–Crippen MR) is 101 cm³/mol. The Kier molecular flexibility index (Phi) is 6.02. The summed E-state index contributed by atoms with van der Waals surface area (Å²) in [6, 6.07) is 4.96. The number of halogens is 2. The molecule has 1 heterocycles. The molecule has 0 saturated carbocycles. The zero-order chi connectivity index (χ0) is 17.8. The summed E-state index contributed by atoms with van der Waals surface area (Å²) in [5.41, 5.74) is 0.523. The second-order valence-electron chi connectivity index (χ2n) is 6.66. The van der Waals surface area contributed by atoms with Gasteiger partial charge in [-0.15, -0.1) is 0 Å². The Hall–Kier alpha value is -1.52. The minimum Gasteiger partial charge on any atom is -0.342 e. The van der Waals surface area contributed by atoms with Gasteiger partial charge in [-0.05, 0) is 50.3 Å². The van der Waals surface area contributed by atoms with Crippen LogP contribution in [0.15, 0.2) is 30.4 Å². The molecule has 1 N–H and O–H groups in total. The van der Waals surface area contributed by atoms with E-state index in [0.29, 0.717) is 28.6 Å². The molecule has 6 heteroatoms. The van der Waals surface area contributed by atoms with Crippen LogP contribution in [0.2, 0.25) is 10.0 Å². The third-order valence-corrected chi connectivity index (χ3v) is 5.49. The van der Waals surface area contributed by atoms with E-state index in [1.54, 1.807) is 18.2 Å². The standard InChI is InChI=1S/C19H22Cl2N2O2/c20-13-8-9-17(16(21)12-13)22-18(24)14-6-2-3-7-15(14)19(25)23-10-4-1-5-11-23/h2-3,8-9,12,14-15H,1,4-7,10-11H2,(H,22,24). The quantitative estimate of drug-likeness (QED) is 0.783. The van der Waals surface area contributed by atoms with Crippen LogP contribution in [-0.2, 0) is 9.59 Å². The largest absolute Gasteiger partial charge is 0.342 e. The van der Waals surface area contributed by atoms with E-state index in [2.05, 4.69) is 5.32 Å². The van der Waals surface area contributed by atoms with Gasteiger partial charge in [0, 0.05) is 18.1 Å². The molecule has 1 aromatic rings. The summed E-state index contributed by atoms with van der Waals surface area (Å²) in [5, 5.41) is 3.77. The van der Waals surface area contributed by atoms with Crippen molar-refractivity contribution < 1.29 is 9.59 Å². The lowest BCUT2D eigenvalue weighted by Crippen LogP contribution is -2.45. The van der Waals surface area contributed by atoms with Gasteiger partial charge in [0.25, 0.3) is 0 Å². The van der Waals surface area contributed by atoms with Gasteiger partial charge in [0.05, 0.1) is 22.5 Å². The molecule has 2 aliphatic rings. The van der Waals surface area contributed by atoms with Crippen LogP contribution in [-0.4, -0.2) is 29.8 Å². The van der Waals surface area contributed by atoms with Crippen LogP contribution in [0.5, 0.6) is 0 Å². The number of nitrogens with one attached hydrogen (secondary N) is 1. The summed E-state index contributed by atoms with van der Waals surface area (Å²) in [6.07, 6.45) is 8.44. The molecule has 25 heavy (non-hydrogen) atoms. The van der Waals surface area contributed by atoms with Crippen LogP contribution in [0.3, 0.4) is 0 Å². The Bertz CT molecular complexity index is 684. The van der Waals surface area contributed by atoms with Crippen molar-refractivity contribution >= 4 is 40.7 Å². The molecular formula is C19H22Cl2N2O2. The van der Waals surface area contributed by atoms with Gasteiger partial charge in [0.2, 0.25) is 11.8 Å². The lowest BCUT2D eigenvalue weighted by Gasteiger charge is -2.34. The summed E-state index contributed by atoms with van der Waals surface area (Å²) < 4.78 is 0. The zero-order valence-corrected chi connectivity index (χ0v) is 15.5. The molecule has 1 fully saturated rings. The first-order valence-corrected chi connectivity index (χ1v) is 9.51. The van der Waals surface area contributed by atoms with E-state index in [1.165, 1.54) is 6.42 Å². The van der Waals surface area contributed by atoms with E-state index < -0.39 is 0 Å². The molecule has 4 nitrogen and oxygen atoms in total. The highest BCUT2D eigenvalue weighted by Gasteiger charge is 2.36. The van der Waals surface area contributed by atoms with Gasteiger partial charge in [0.15, 0.2) is 0 Å². The highest BCUT2D eigenvalue weighted by Crippen LogP contribution is 2.31. The summed E-state index contributed by atoms with van der Waals surface area (Å²) >= 11 is 12.0. The topological polar surface area (TPSA) is 49.4 Å². The molecule has 1 aliphatic carbocycles. The molecule has 1 saturated heterocycles. The van der Waals surface area contributed by atoms with Gasteiger partial charge in [-0.25, -0.2) is 0 Å². The lowest BCUT2D eigenvalue weighted by atomic mass is 9.81. The van der Waals surface area contributed by atoms with Gasteiger partial charge in [0.1, 0.15) is 0 Å². The Morgan fingerprint density at radius 2 is 1.68 bits per heavy atom. The van der Waals surface area contributed by atoms with Gasteiger partial charge in [-0.3, -0.25) is 9.59 Å². The van der Waals surface area contributed by atoms with Crippen LogP contribution in [0.1, 0.15) is 32.1 Å². The number of hydrogen-bond donors (Lipinski definition) is 1. The molecule has 0 bridgehead atoms. The number of anilines is 1. The number of amides is 2. The van der Waals surface area contributed by atoms with Crippen molar-refractivity contribution in [3.05, 3.63) is 40.4 Å². The van der Waals surface area contributed by atoms with E-state index in [0.717, 1.165) is 25.9 Å². The molecule has 0 aromatic heterocycles. The van der Waals surface area contributed by atoms with Crippen LogP contribution >= 0.6 is 23.2 Å². The summed E-state index contributed by atoms with van der Waals surface area (Å²) in [7, 11) is 0. The number of rotatable bonds is 3. The first-order valence-electron chi connectivity index (χ1n) is 8.76. The maximum absolute atomic E-state index is 12.9. The molecule has 0 radical (unpaired) electrons. The minimum absolute atomic E-state index is 0.103. The summed E-state index contributed by atoms with van der Waals surface area (Å²) in [5.74, 6) is -0.726. The first kappa shape index (κ1) is 18.3. The smallest absolute Gasteiger partial charge is 0.228 e. The van der Waals surface area contributed by atoms with Gasteiger partial charge in [-0.2, -0.15) is 0 Å². The molecule has 3 rings (SSSR count). The third-order valence-electron chi connectivity index (χ3n) is 4.94. The van der Waals surface area contributed by atoms with Crippen LogP contribution in [0.25, 0.3) is 0 Å². The lowest BCUT2D eigenvalue weighted by molar-refractivity contribution is -0.141. The molecule has 2 atom stereocenters. The Labute approximate surface area is 158 Å². The predicted octanol–water partition coefficient (Wildman–Crippen LogP) is 4.53. The van der Waals surface area contributed by atoms with Gasteiger partial charge in [-0.1, -0.05) is 35.4 Å². The zero-order valence-electron chi connectivity index (χ0n) is 14.0. The normalized spacial score (nSPS) is 23.4. The van der Waals surface area contributed by atoms with E-state index in [4.69, 9.17) is 23.2 Å². The van der Waals surface area contributed by atoms with E-state index in [-0.39, 0.29) is 23.7 Å². The van der Waals surface area contributed by atoms with Gasteiger partial charge < -0.3 is 10.2 Å². The molecule has 134 valence electrons. The highest BCUT2D eigenvalue weighted by molar-refractivity contribution is 6.36. The fourth-order valence-corrected chi connectivity index (χ4v) is 4.00. The average molecular weight is 381 g/mol. The molecular weight excluding hydrogens is 359 g/mol. The minimum atomic E-state index is -0.369. The Morgan fingerprint density at radius 3 is 2.36 bits per heavy atom. The number of hydrogen-bond acceptors (Lipinski definition) is 2. The monoisotopic (exact) mass is 380 g/mol. The SMILES string of the molecule is O=C(Nc1ccc(Cl)cc1Cl)C1CC=CCC1C(=O)N1CCCCC1. The van der Waals surface area contributed by atoms with Crippen molar-refractivity contribution in [1.29, 1.82) is 0 Å². The van der Waals surface area contributed by atoms with Crippen LogP contribution in [0, 0.1) is 11.8 Å². The van der Waals surface area contributed by atoms with E-state index in [9.17, 15) is 9.59 Å². The molecule has 2 amide bonds. The molecule has 1 aliphatic heterocycles. The number of likely N-dealkylation sites (tertiary alicyclic amines) is 1. The third kappa shape index (κ3) is 4.36. The number of nitrogens with zero attached hydrogens (tertiary/aromatic N) is 1. The van der Waals surface area contributed by atoms with Crippen molar-refractivity contribution in [2.45, 2.75) is 32.1 Å². The maximum atomic E-state index is 12.9. The number of piperidine rings is 1. The van der Waals surface area contributed by atoms with Crippen molar-refractivity contribution in [1.82, 2.24) is 4.90 Å². The number of allylic oxidation sites excluding steroid dienone is 2. The highest BCUT2D eigenvalue weighted by atomic mass is 35.5. The molecule has 2 unspecified atom stereocenters. The second kappa shape index (κ2) is 8.24. The summed E-state index contributed by atoms with van der Waals surface area (Å²) in [4.78, 5) is 27.6. The Balaban J connectivity index is 1.72. The van der Waals surface area contributed by atoms with Crippen LogP contribution in [0.4, 0.5) is 5.69 Å². The number of carbonyl (C=O) groups is 2. The summed E-state index contributed by atoms with van der Waals surface area (Å²) in [6.45, 7) is 1.60. The van der Waals surface area contributed by atoms with Crippen LogP contribution < -0.4 is 5.32 Å². The Morgan fingerprint density at radius 1 is 1.00 bits per heavy atom. The number of carbonyl (C=O) groups excluding carboxylic acids is 2. The number of benzene rings is 1. The van der Waals surface area contributed by atoms with Crippen molar-refractivity contribution in [3.63, 3.8) is 0 Å². The molecule has 1 aromatic carbocycles. The fraction of sp³-hybridized carbons (Fsp3) is 0.474. The first-order chi connectivity index (χ1) is 12.1. The average Bonchev–Trinajstić information content (AvgIpc) is 2.64. The second-order valence-corrected chi connectivity index (χ2v) is 7.50. The maximum Gasteiger partial charge on any atom is 0.228 e. The van der Waals surface area contributed by atoms with Crippen molar-refractivity contribution in [3.8, 4) is 0 Å².